The molecule has 6 nitrogen and oxygen atoms in total. The molecule has 1 aliphatic heterocycles. The number of carbonyl (C=O) groups is 1. The van der Waals surface area contributed by atoms with Crippen LogP contribution in [0, 0.1) is 0 Å². The Morgan fingerprint density at radius 1 is 1.47 bits per heavy atom. The van der Waals surface area contributed by atoms with Crippen LogP contribution in [0.25, 0.3) is 0 Å². The molecule has 3 N–H and O–H groups in total. The molecular formula is C11H13ClN2O4S. The fourth-order valence-electron chi connectivity index (χ4n) is 1.78. The number of carbonyl (C=O) groups excluding carboxylic acids is 1. The van der Waals surface area contributed by atoms with Gasteiger partial charge in [-0.15, -0.1) is 0 Å². The molecule has 1 amide bonds. The summed E-state index contributed by atoms with van der Waals surface area (Å²) >= 11 is 5.74. The first-order chi connectivity index (χ1) is 8.88. The highest BCUT2D eigenvalue weighted by Gasteiger charge is 2.20. The fourth-order valence-corrected chi connectivity index (χ4v) is 2.85. The summed E-state index contributed by atoms with van der Waals surface area (Å²) in [6, 6.07) is 3.90. The zero-order valence-electron chi connectivity index (χ0n) is 9.93. The summed E-state index contributed by atoms with van der Waals surface area (Å²) in [5.41, 5.74) is 0.195. The van der Waals surface area contributed by atoms with Crippen LogP contribution in [0.15, 0.2) is 23.1 Å². The lowest BCUT2D eigenvalue weighted by Gasteiger charge is -2.11. The van der Waals surface area contributed by atoms with E-state index < -0.39 is 10.0 Å². The van der Waals surface area contributed by atoms with Crippen molar-refractivity contribution in [1.82, 2.24) is 5.32 Å². The second-order valence-electron chi connectivity index (χ2n) is 4.22. The van der Waals surface area contributed by atoms with Gasteiger partial charge in [0.1, 0.15) is 4.90 Å². The van der Waals surface area contributed by atoms with E-state index in [0.29, 0.717) is 13.2 Å². The van der Waals surface area contributed by atoms with Crippen molar-refractivity contribution in [3.05, 3.63) is 28.8 Å². The first-order valence-electron chi connectivity index (χ1n) is 5.59. The summed E-state index contributed by atoms with van der Waals surface area (Å²) in [6.07, 6.45) is 0.737. The molecule has 1 unspecified atom stereocenters. The zero-order chi connectivity index (χ0) is 14.0. The Hall–Kier alpha value is -1.15. The molecule has 1 saturated heterocycles. The number of primary sulfonamides is 1. The van der Waals surface area contributed by atoms with Gasteiger partial charge in [-0.1, -0.05) is 11.6 Å². The van der Waals surface area contributed by atoms with E-state index in [9.17, 15) is 13.2 Å². The lowest BCUT2D eigenvalue weighted by atomic mass is 10.2. The molecule has 104 valence electrons. The lowest BCUT2D eigenvalue weighted by Crippen LogP contribution is -2.35. The monoisotopic (exact) mass is 304 g/mol. The van der Waals surface area contributed by atoms with Gasteiger partial charge in [0.15, 0.2) is 0 Å². The highest BCUT2D eigenvalue weighted by atomic mass is 35.5. The van der Waals surface area contributed by atoms with Crippen LogP contribution in [0.4, 0.5) is 0 Å². The second-order valence-corrected chi connectivity index (χ2v) is 6.16. The maximum Gasteiger partial charge on any atom is 0.251 e. The minimum Gasteiger partial charge on any atom is -0.379 e. The third-order valence-corrected chi connectivity index (χ3v) is 4.16. The van der Waals surface area contributed by atoms with Gasteiger partial charge in [-0.25, -0.2) is 13.6 Å². The number of nitrogens with two attached hydrogens (primary N) is 1. The maximum atomic E-state index is 11.9. The normalized spacial score (nSPS) is 19.4. The number of halogens is 1. The molecule has 1 atom stereocenters. The van der Waals surface area contributed by atoms with Gasteiger partial charge in [-0.05, 0) is 24.6 Å². The Kier molecular flexibility index (Phi) is 4.10. The summed E-state index contributed by atoms with van der Waals surface area (Å²) in [5.74, 6) is -0.378. The smallest absolute Gasteiger partial charge is 0.251 e. The van der Waals surface area contributed by atoms with Crippen molar-refractivity contribution in [3.8, 4) is 0 Å². The summed E-state index contributed by atoms with van der Waals surface area (Å²) in [4.78, 5) is 11.7. The van der Waals surface area contributed by atoms with Crippen molar-refractivity contribution in [2.45, 2.75) is 17.4 Å². The van der Waals surface area contributed by atoms with Gasteiger partial charge in [0.05, 0.1) is 17.7 Å². The van der Waals surface area contributed by atoms with Crippen molar-refractivity contribution >= 4 is 27.5 Å². The number of sulfonamides is 1. The molecule has 8 heteroatoms. The third kappa shape index (κ3) is 3.44. The topological polar surface area (TPSA) is 98.5 Å². The van der Waals surface area contributed by atoms with E-state index in [1.54, 1.807) is 0 Å². The van der Waals surface area contributed by atoms with E-state index in [2.05, 4.69) is 5.32 Å². The van der Waals surface area contributed by atoms with Gasteiger partial charge < -0.3 is 10.1 Å². The van der Waals surface area contributed by atoms with Gasteiger partial charge in [0.25, 0.3) is 5.91 Å². The highest BCUT2D eigenvalue weighted by Crippen LogP contribution is 2.21. The molecule has 0 radical (unpaired) electrons. The number of benzene rings is 1. The van der Waals surface area contributed by atoms with Crippen molar-refractivity contribution in [1.29, 1.82) is 0 Å². The molecule has 2 rings (SSSR count). The van der Waals surface area contributed by atoms with Crippen molar-refractivity contribution in [3.63, 3.8) is 0 Å². The van der Waals surface area contributed by atoms with Crippen LogP contribution in [0.1, 0.15) is 16.8 Å². The van der Waals surface area contributed by atoms with Crippen LogP contribution in [0.5, 0.6) is 0 Å². The Morgan fingerprint density at radius 2 is 2.21 bits per heavy atom. The first-order valence-corrected chi connectivity index (χ1v) is 7.51. The van der Waals surface area contributed by atoms with Crippen molar-refractivity contribution in [2.75, 3.05) is 13.2 Å². The average Bonchev–Trinajstić information content (AvgIpc) is 2.80. The van der Waals surface area contributed by atoms with E-state index in [4.69, 9.17) is 21.5 Å². The van der Waals surface area contributed by atoms with Crippen LogP contribution in [-0.2, 0) is 14.8 Å². The second kappa shape index (κ2) is 5.46. The predicted molar refractivity (Wildman–Crippen MR) is 69.5 cm³/mol. The largest absolute Gasteiger partial charge is 0.379 e. The molecule has 1 aromatic rings. The van der Waals surface area contributed by atoms with E-state index in [1.807, 2.05) is 0 Å². The van der Waals surface area contributed by atoms with Crippen LogP contribution in [0.3, 0.4) is 0 Å². The number of amides is 1. The minimum atomic E-state index is -3.95. The van der Waals surface area contributed by atoms with E-state index >= 15 is 0 Å². The quantitative estimate of drug-likeness (QED) is 0.850. The molecular weight excluding hydrogens is 292 g/mol. The maximum absolute atomic E-state index is 11.9. The molecule has 1 fully saturated rings. The summed E-state index contributed by atoms with van der Waals surface area (Å²) in [5, 5.41) is 7.77. The Labute approximate surface area is 115 Å². The van der Waals surface area contributed by atoms with Crippen LogP contribution >= 0.6 is 11.6 Å². The van der Waals surface area contributed by atoms with Crippen LogP contribution in [-0.4, -0.2) is 33.6 Å². The van der Waals surface area contributed by atoms with Crippen LogP contribution < -0.4 is 10.5 Å². The first kappa shape index (κ1) is 14.3. The third-order valence-electron chi connectivity index (χ3n) is 2.76. The van der Waals surface area contributed by atoms with Gasteiger partial charge >= 0.3 is 0 Å². The minimum absolute atomic E-state index is 0.0109. The number of nitrogens with one attached hydrogen (secondary N) is 1. The molecule has 0 bridgehead atoms. The Bertz CT molecular complexity index is 597. The Balaban J connectivity index is 2.23. The molecule has 0 aliphatic carbocycles. The van der Waals surface area contributed by atoms with E-state index in [1.165, 1.54) is 18.2 Å². The van der Waals surface area contributed by atoms with Gasteiger partial charge in [-0.2, -0.15) is 0 Å². The predicted octanol–water partition coefficient (Wildman–Crippen LogP) is 0.506. The highest BCUT2D eigenvalue weighted by molar-refractivity contribution is 7.89. The average molecular weight is 305 g/mol. The standard InChI is InChI=1S/C11H13ClN2O4S/c12-9-2-1-7(5-10(9)19(13,16)17)11(15)14-8-3-4-18-6-8/h1-2,5,8H,3-4,6H2,(H,14,15)(H2,13,16,17). The summed E-state index contributed by atoms with van der Waals surface area (Å²) < 4.78 is 27.8. The molecule has 1 aliphatic rings. The molecule has 19 heavy (non-hydrogen) atoms. The van der Waals surface area contributed by atoms with Gasteiger partial charge in [0.2, 0.25) is 10.0 Å². The van der Waals surface area contributed by atoms with Gasteiger partial charge in [0, 0.05) is 12.2 Å². The molecule has 1 heterocycles. The molecule has 0 aromatic heterocycles. The fraction of sp³-hybridized carbons (Fsp3) is 0.364. The van der Waals surface area contributed by atoms with Gasteiger partial charge in [-0.3, -0.25) is 4.79 Å². The summed E-state index contributed by atoms with van der Waals surface area (Å²) in [6.45, 7) is 1.06. The Morgan fingerprint density at radius 3 is 2.79 bits per heavy atom. The number of hydrogen-bond donors (Lipinski definition) is 2. The van der Waals surface area contributed by atoms with E-state index in [0.717, 1.165) is 6.42 Å². The molecule has 0 saturated carbocycles. The zero-order valence-corrected chi connectivity index (χ0v) is 11.5. The van der Waals surface area contributed by atoms with Crippen LogP contribution in [0.2, 0.25) is 5.02 Å². The summed E-state index contributed by atoms with van der Waals surface area (Å²) in [7, 11) is -3.95. The van der Waals surface area contributed by atoms with Crippen molar-refractivity contribution in [2.24, 2.45) is 5.14 Å². The molecule has 0 spiro atoms. The van der Waals surface area contributed by atoms with Crippen molar-refractivity contribution < 1.29 is 17.9 Å². The molecule has 1 aromatic carbocycles. The van der Waals surface area contributed by atoms with E-state index in [-0.39, 0.29) is 27.4 Å². The number of ether oxygens (including phenoxy) is 1. The number of hydrogen-bond acceptors (Lipinski definition) is 4. The lowest BCUT2D eigenvalue weighted by molar-refractivity contribution is 0.0929. The number of rotatable bonds is 3. The SMILES string of the molecule is NS(=O)(=O)c1cc(C(=O)NC2CCOC2)ccc1Cl.